The van der Waals surface area contributed by atoms with Crippen molar-refractivity contribution < 1.29 is 0 Å². The van der Waals surface area contributed by atoms with Gasteiger partial charge in [-0.1, -0.05) is 61.3 Å². The average Bonchev–Trinajstić information content (AvgIpc) is 2.47. The molecule has 0 aromatic heterocycles. The number of rotatable bonds is 5. The lowest BCUT2D eigenvalue weighted by Crippen LogP contribution is -2.34. The van der Waals surface area contributed by atoms with Crippen LogP contribution in [0.2, 0.25) is 0 Å². The van der Waals surface area contributed by atoms with Crippen molar-refractivity contribution in [3.63, 3.8) is 0 Å². The van der Waals surface area contributed by atoms with E-state index in [-0.39, 0.29) is 0 Å². The zero-order chi connectivity index (χ0) is 15.4. The summed E-state index contributed by atoms with van der Waals surface area (Å²) in [5.74, 6) is 2.49. The van der Waals surface area contributed by atoms with Crippen molar-refractivity contribution in [2.24, 2.45) is 17.8 Å². The van der Waals surface area contributed by atoms with Gasteiger partial charge in [0.05, 0.1) is 0 Å². The lowest BCUT2D eigenvalue weighted by atomic mass is 9.72. The van der Waals surface area contributed by atoms with Crippen LogP contribution in [0, 0.1) is 24.7 Å². The van der Waals surface area contributed by atoms with Gasteiger partial charge in [0.2, 0.25) is 0 Å². The van der Waals surface area contributed by atoms with E-state index >= 15 is 0 Å². The molecule has 1 aromatic carbocycles. The predicted octanol–water partition coefficient (Wildman–Crippen LogP) is 5.87. The Bertz CT molecular complexity index is 457. The highest BCUT2D eigenvalue weighted by Gasteiger charge is 2.31. The van der Waals surface area contributed by atoms with Crippen LogP contribution in [-0.2, 0) is 0 Å². The second-order valence-corrected chi connectivity index (χ2v) is 7.73. The minimum absolute atomic E-state index is 0.495. The average molecular weight is 352 g/mol. The van der Waals surface area contributed by atoms with Gasteiger partial charge >= 0.3 is 0 Å². The maximum Gasteiger partial charge on any atom is 0.0360 e. The summed E-state index contributed by atoms with van der Waals surface area (Å²) in [6.45, 7) is 10.4. The molecule has 1 aliphatic rings. The number of hydrogen-bond donors (Lipinski definition) is 1. The molecule has 21 heavy (non-hydrogen) atoms. The highest BCUT2D eigenvalue weighted by molar-refractivity contribution is 9.10. The van der Waals surface area contributed by atoms with Gasteiger partial charge in [-0.05, 0) is 61.6 Å². The molecule has 1 N–H and O–H groups in total. The van der Waals surface area contributed by atoms with Crippen LogP contribution >= 0.6 is 15.9 Å². The van der Waals surface area contributed by atoms with Gasteiger partial charge in [0.1, 0.15) is 0 Å². The fourth-order valence-electron chi connectivity index (χ4n) is 3.63. The highest BCUT2D eigenvalue weighted by Crippen LogP contribution is 2.41. The Morgan fingerprint density at radius 3 is 2.67 bits per heavy atom. The largest absolute Gasteiger partial charge is 0.310 e. The van der Waals surface area contributed by atoms with Crippen molar-refractivity contribution in [3.8, 4) is 0 Å². The Balaban J connectivity index is 2.23. The molecule has 0 spiro atoms. The summed E-state index contributed by atoms with van der Waals surface area (Å²) in [4.78, 5) is 0. The molecule has 1 nitrogen and oxygen atoms in total. The summed E-state index contributed by atoms with van der Waals surface area (Å²) >= 11 is 3.83. The first-order chi connectivity index (χ1) is 10.0. The summed E-state index contributed by atoms with van der Waals surface area (Å²) in [7, 11) is 0. The normalized spacial score (nSPS) is 27.6. The van der Waals surface area contributed by atoms with Crippen LogP contribution in [0.25, 0.3) is 0 Å². The number of hydrogen-bond acceptors (Lipinski definition) is 1. The first kappa shape index (κ1) is 17.0. The molecule has 0 heterocycles. The zero-order valence-corrected chi connectivity index (χ0v) is 15.5. The molecule has 4 atom stereocenters. The van der Waals surface area contributed by atoms with Crippen molar-refractivity contribution in [2.45, 2.75) is 59.4 Å². The molecule has 2 rings (SSSR count). The second-order valence-electron chi connectivity index (χ2n) is 6.94. The molecule has 0 radical (unpaired) electrons. The third kappa shape index (κ3) is 4.10. The highest BCUT2D eigenvalue weighted by atomic mass is 79.9. The smallest absolute Gasteiger partial charge is 0.0360 e. The van der Waals surface area contributed by atoms with E-state index in [9.17, 15) is 0 Å². The summed E-state index contributed by atoms with van der Waals surface area (Å²) in [5.41, 5.74) is 2.79. The zero-order valence-electron chi connectivity index (χ0n) is 14.0. The summed E-state index contributed by atoms with van der Waals surface area (Å²) < 4.78 is 1.30. The molecule has 1 aromatic rings. The van der Waals surface area contributed by atoms with Gasteiger partial charge < -0.3 is 5.32 Å². The number of halogens is 1. The monoisotopic (exact) mass is 351 g/mol. The van der Waals surface area contributed by atoms with E-state index in [0.29, 0.717) is 6.04 Å². The number of nitrogens with one attached hydrogen (secondary N) is 1. The standard InChI is InChI=1S/C19H30BrN/c1-5-11-21-19(16-10-9-13(2)15(4)12-16)17-8-6-7-14(3)18(17)20/h6-8,13,15-16,19,21H,5,9-12H2,1-4H3. The van der Waals surface area contributed by atoms with E-state index in [0.717, 1.165) is 24.3 Å². The van der Waals surface area contributed by atoms with Gasteiger partial charge in [-0.15, -0.1) is 0 Å². The van der Waals surface area contributed by atoms with Crippen molar-refractivity contribution >= 4 is 15.9 Å². The molecule has 0 amide bonds. The minimum Gasteiger partial charge on any atom is -0.310 e. The van der Waals surface area contributed by atoms with E-state index in [2.05, 4.69) is 67.1 Å². The van der Waals surface area contributed by atoms with Crippen LogP contribution in [0.5, 0.6) is 0 Å². The molecule has 0 saturated heterocycles. The van der Waals surface area contributed by atoms with Crippen molar-refractivity contribution in [2.75, 3.05) is 6.54 Å². The fourth-order valence-corrected chi connectivity index (χ4v) is 4.14. The van der Waals surface area contributed by atoms with Crippen LogP contribution in [0.3, 0.4) is 0 Å². The Morgan fingerprint density at radius 1 is 1.24 bits per heavy atom. The van der Waals surface area contributed by atoms with E-state index in [1.54, 1.807) is 0 Å². The molecule has 1 saturated carbocycles. The minimum atomic E-state index is 0.495. The second kappa shape index (κ2) is 7.78. The summed E-state index contributed by atoms with van der Waals surface area (Å²) in [5, 5.41) is 3.83. The summed E-state index contributed by atoms with van der Waals surface area (Å²) in [6, 6.07) is 7.18. The first-order valence-corrected chi connectivity index (χ1v) is 9.32. The van der Waals surface area contributed by atoms with Crippen LogP contribution in [-0.4, -0.2) is 6.54 Å². The molecule has 2 heteroatoms. The van der Waals surface area contributed by atoms with Gasteiger partial charge in [0.15, 0.2) is 0 Å². The van der Waals surface area contributed by atoms with E-state index in [4.69, 9.17) is 0 Å². The lowest BCUT2D eigenvalue weighted by molar-refractivity contribution is 0.171. The molecular weight excluding hydrogens is 322 g/mol. The third-order valence-electron chi connectivity index (χ3n) is 5.28. The van der Waals surface area contributed by atoms with Crippen molar-refractivity contribution in [3.05, 3.63) is 33.8 Å². The quantitative estimate of drug-likeness (QED) is 0.699. The maximum absolute atomic E-state index is 3.83. The van der Waals surface area contributed by atoms with E-state index < -0.39 is 0 Å². The molecule has 1 fully saturated rings. The van der Waals surface area contributed by atoms with E-state index in [1.165, 1.54) is 41.3 Å². The van der Waals surface area contributed by atoms with Gasteiger partial charge in [-0.2, -0.15) is 0 Å². The van der Waals surface area contributed by atoms with Crippen LogP contribution < -0.4 is 5.32 Å². The fraction of sp³-hybridized carbons (Fsp3) is 0.684. The number of aryl methyl sites for hydroxylation is 1. The van der Waals surface area contributed by atoms with Gasteiger partial charge in [0, 0.05) is 10.5 Å². The molecule has 0 aliphatic heterocycles. The Labute approximate surface area is 139 Å². The van der Waals surface area contributed by atoms with Gasteiger partial charge in [-0.25, -0.2) is 0 Å². The van der Waals surface area contributed by atoms with E-state index in [1.807, 2.05) is 0 Å². The third-order valence-corrected chi connectivity index (χ3v) is 6.36. The molecule has 0 bridgehead atoms. The Hall–Kier alpha value is -0.340. The van der Waals surface area contributed by atoms with Crippen molar-refractivity contribution in [1.82, 2.24) is 5.32 Å². The Morgan fingerprint density at radius 2 is 2.00 bits per heavy atom. The maximum atomic E-state index is 3.83. The van der Waals surface area contributed by atoms with Crippen molar-refractivity contribution in [1.29, 1.82) is 0 Å². The Kier molecular flexibility index (Phi) is 6.31. The van der Waals surface area contributed by atoms with Crippen LogP contribution in [0.1, 0.15) is 63.6 Å². The SMILES string of the molecule is CCCNC(c1cccc(C)c1Br)C1CCC(C)C(C)C1. The molecular formula is C19H30BrN. The number of benzene rings is 1. The lowest BCUT2D eigenvalue weighted by Gasteiger charge is -2.38. The molecule has 4 unspecified atom stereocenters. The molecule has 1 aliphatic carbocycles. The summed E-state index contributed by atoms with van der Waals surface area (Å²) in [6.07, 6.45) is 5.27. The molecule has 118 valence electrons. The van der Waals surface area contributed by atoms with Gasteiger partial charge in [-0.3, -0.25) is 0 Å². The predicted molar refractivity (Wildman–Crippen MR) is 95.6 cm³/mol. The van der Waals surface area contributed by atoms with Gasteiger partial charge in [0.25, 0.3) is 0 Å². The van der Waals surface area contributed by atoms with Crippen LogP contribution in [0.4, 0.5) is 0 Å². The van der Waals surface area contributed by atoms with Crippen LogP contribution in [0.15, 0.2) is 22.7 Å². The topological polar surface area (TPSA) is 12.0 Å². The first-order valence-electron chi connectivity index (χ1n) is 8.53.